The van der Waals surface area contributed by atoms with Crippen LogP contribution in [0.15, 0.2) is 40.9 Å². The van der Waals surface area contributed by atoms with E-state index in [1.807, 2.05) is 12.1 Å². The van der Waals surface area contributed by atoms with Crippen LogP contribution in [0.5, 0.6) is 5.75 Å². The fourth-order valence-corrected chi connectivity index (χ4v) is 5.03. The zero-order chi connectivity index (χ0) is 25.4. The summed E-state index contributed by atoms with van der Waals surface area (Å²) in [6.45, 7) is 6.91. The topological polar surface area (TPSA) is 57.0 Å². The van der Waals surface area contributed by atoms with E-state index in [1.165, 1.54) is 18.3 Å². The Morgan fingerprint density at radius 2 is 1.81 bits per heavy atom. The van der Waals surface area contributed by atoms with E-state index in [4.69, 9.17) is 9.15 Å². The fourth-order valence-electron chi connectivity index (χ4n) is 5.03. The van der Waals surface area contributed by atoms with Crippen molar-refractivity contribution in [2.24, 2.45) is 0 Å². The van der Waals surface area contributed by atoms with E-state index in [0.717, 1.165) is 25.9 Å². The summed E-state index contributed by atoms with van der Waals surface area (Å²) in [6, 6.07) is 9.25. The molecule has 36 heavy (non-hydrogen) atoms. The van der Waals surface area contributed by atoms with Crippen LogP contribution in [0.1, 0.15) is 26.7 Å². The van der Waals surface area contributed by atoms with Gasteiger partial charge in [0.2, 0.25) is 0 Å². The maximum Gasteiger partial charge on any atom is 0.299 e. The Bertz CT molecular complexity index is 1220. The third-order valence-corrected chi connectivity index (χ3v) is 7.06. The van der Waals surface area contributed by atoms with Gasteiger partial charge in [-0.2, -0.15) is 0 Å². The van der Waals surface area contributed by atoms with Crippen molar-refractivity contribution in [1.29, 1.82) is 0 Å². The normalized spacial score (nSPS) is 16.4. The third-order valence-electron chi connectivity index (χ3n) is 7.06. The number of hydrogen-bond donors (Lipinski definition) is 1. The highest BCUT2D eigenvalue weighted by Gasteiger charge is 2.26. The van der Waals surface area contributed by atoms with Gasteiger partial charge >= 0.3 is 0 Å². The molecule has 0 bridgehead atoms. The van der Waals surface area contributed by atoms with Crippen LogP contribution in [0.3, 0.4) is 0 Å². The number of fused-ring (bicyclic) bond motifs is 1. The maximum atomic E-state index is 15.0. The van der Waals surface area contributed by atoms with Gasteiger partial charge in [0.25, 0.3) is 6.01 Å². The molecule has 192 valence electrons. The Morgan fingerprint density at radius 1 is 1.03 bits per heavy atom. The molecule has 0 spiro atoms. The van der Waals surface area contributed by atoms with Crippen LogP contribution < -0.4 is 19.9 Å². The molecule has 2 aromatic carbocycles. The molecule has 0 atom stereocenters. The molecule has 1 aromatic heterocycles. The van der Waals surface area contributed by atoms with Crippen LogP contribution in [-0.2, 0) is 0 Å². The Labute approximate surface area is 210 Å². The number of hydrogen-bond acceptors (Lipinski definition) is 7. The summed E-state index contributed by atoms with van der Waals surface area (Å²) in [5.74, 6) is -0.0564. The average Bonchev–Trinajstić information content (AvgIpc) is 3.32. The first-order valence-electron chi connectivity index (χ1n) is 12.5. The third kappa shape index (κ3) is 4.84. The summed E-state index contributed by atoms with van der Waals surface area (Å²) in [7, 11) is 4.18. The number of benzene rings is 2. The summed E-state index contributed by atoms with van der Waals surface area (Å²) < 4.78 is 41.2. The van der Waals surface area contributed by atoms with Gasteiger partial charge in [-0.1, -0.05) is 0 Å². The molecule has 7 nitrogen and oxygen atoms in total. The van der Waals surface area contributed by atoms with Gasteiger partial charge < -0.3 is 29.2 Å². The van der Waals surface area contributed by atoms with Gasteiger partial charge in [0.05, 0.1) is 24.1 Å². The molecule has 1 saturated heterocycles. The Morgan fingerprint density at radius 3 is 2.50 bits per heavy atom. The minimum Gasteiger partial charge on any atom is -0.486 e. The van der Waals surface area contributed by atoms with Crippen LogP contribution in [0.2, 0.25) is 0 Å². The number of anilines is 4. The van der Waals surface area contributed by atoms with Crippen molar-refractivity contribution in [3.05, 3.63) is 48.2 Å². The number of ether oxygens (including phenoxy) is 1. The number of rotatable bonds is 6. The lowest BCUT2D eigenvalue weighted by atomic mass is 10.0. The molecule has 1 N–H and O–H groups in total. The standard InChI is InChI=1S/C27H33F2N5O2/c1-17(2)34-11-12-35-26-22(29)13-18(14-24(26)34)25-16-30-27(36-25)31-19-5-6-23(21(28)15-19)33-9-7-20(8-10-33)32(3)4/h5-6,13-17,20H,7-12H2,1-4H3,(H,30,31). The summed E-state index contributed by atoms with van der Waals surface area (Å²) in [5, 5.41) is 3.02. The number of nitrogens with one attached hydrogen (secondary N) is 1. The molecule has 0 aliphatic carbocycles. The molecule has 0 unspecified atom stereocenters. The van der Waals surface area contributed by atoms with Crippen molar-refractivity contribution >= 4 is 23.1 Å². The van der Waals surface area contributed by atoms with Crippen LogP contribution in [-0.4, -0.2) is 62.3 Å². The smallest absolute Gasteiger partial charge is 0.299 e. The molecule has 0 saturated carbocycles. The number of oxazole rings is 1. The maximum absolute atomic E-state index is 15.0. The second-order valence-electron chi connectivity index (χ2n) is 9.94. The zero-order valence-corrected chi connectivity index (χ0v) is 21.2. The molecule has 2 aliphatic heterocycles. The van der Waals surface area contributed by atoms with Gasteiger partial charge in [0, 0.05) is 36.4 Å². The summed E-state index contributed by atoms with van der Waals surface area (Å²) >= 11 is 0. The van der Waals surface area contributed by atoms with Gasteiger partial charge in [0.1, 0.15) is 12.4 Å². The van der Waals surface area contributed by atoms with Crippen molar-refractivity contribution in [1.82, 2.24) is 9.88 Å². The van der Waals surface area contributed by atoms with E-state index in [9.17, 15) is 8.78 Å². The minimum absolute atomic E-state index is 0.200. The molecule has 3 heterocycles. The van der Waals surface area contributed by atoms with Gasteiger partial charge in [-0.25, -0.2) is 13.8 Å². The van der Waals surface area contributed by atoms with Gasteiger partial charge in [0.15, 0.2) is 17.3 Å². The van der Waals surface area contributed by atoms with E-state index in [2.05, 4.69) is 52.9 Å². The molecule has 5 rings (SSSR count). The first-order chi connectivity index (χ1) is 17.3. The molecule has 1 fully saturated rings. The van der Waals surface area contributed by atoms with E-state index in [-0.39, 0.29) is 23.6 Å². The zero-order valence-electron chi connectivity index (χ0n) is 21.2. The van der Waals surface area contributed by atoms with Crippen molar-refractivity contribution in [3.8, 4) is 17.1 Å². The van der Waals surface area contributed by atoms with Crippen LogP contribution in [0, 0.1) is 11.6 Å². The predicted octanol–water partition coefficient (Wildman–Crippen LogP) is 5.50. The fraction of sp³-hybridized carbons (Fsp3) is 0.444. The van der Waals surface area contributed by atoms with Crippen LogP contribution >= 0.6 is 0 Å². The largest absolute Gasteiger partial charge is 0.486 e. The van der Waals surface area contributed by atoms with Crippen LogP contribution in [0.4, 0.5) is 31.9 Å². The monoisotopic (exact) mass is 497 g/mol. The number of aromatic nitrogens is 1. The van der Waals surface area contributed by atoms with Crippen molar-refractivity contribution in [3.63, 3.8) is 0 Å². The lowest BCUT2D eigenvalue weighted by molar-refractivity contribution is 0.249. The highest BCUT2D eigenvalue weighted by atomic mass is 19.1. The molecule has 9 heteroatoms. The second-order valence-corrected chi connectivity index (χ2v) is 9.94. The molecule has 0 amide bonds. The van der Waals surface area contributed by atoms with Crippen LogP contribution in [0.25, 0.3) is 11.3 Å². The molecular formula is C27H33F2N5O2. The molecule has 0 radical (unpaired) electrons. The Hall–Kier alpha value is -3.33. The first kappa shape index (κ1) is 24.4. The summed E-state index contributed by atoms with van der Waals surface area (Å²) in [4.78, 5) is 10.7. The number of nitrogens with zero attached hydrogens (tertiary/aromatic N) is 4. The molecule has 3 aromatic rings. The SMILES string of the molecule is CC(C)N1CCOc2c(F)cc(-c3cnc(Nc4ccc(N5CCC(N(C)C)CC5)c(F)c4)o3)cc21. The second kappa shape index (κ2) is 9.97. The Kier molecular flexibility index (Phi) is 6.75. The minimum atomic E-state index is -0.439. The number of halogens is 2. The van der Waals surface area contributed by atoms with Crippen molar-refractivity contribution in [2.75, 3.05) is 55.5 Å². The predicted molar refractivity (Wildman–Crippen MR) is 138 cm³/mol. The quantitative estimate of drug-likeness (QED) is 0.483. The van der Waals surface area contributed by atoms with E-state index < -0.39 is 5.82 Å². The highest BCUT2D eigenvalue weighted by molar-refractivity contribution is 5.72. The van der Waals surface area contributed by atoms with Crippen molar-refractivity contribution in [2.45, 2.75) is 38.8 Å². The molecule has 2 aliphatic rings. The van der Waals surface area contributed by atoms with Crippen molar-refractivity contribution < 1.29 is 17.9 Å². The van der Waals surface area contributed by atoms with Gasteiger partial charge in [-0.15, -0.1) is 0 Å². The van der Waals surface area contributed by atoms with Gasteiger partial charge in [-0.05, 0) is 71.1 Å². The number of piperidine rings is 1. The van der Waals surface area contributed by atoms with Gasteiger partial charge in [-0.3, -0.25) is 0 Å². The average molecular weight is 498 g/mol. The lowest BCUT2D eigenvalue weighted by Crippen LogP contribution is -2.42. The molecular weight excluding hydrogens is 464 g/mol. The Balaban J connectivity index is 1.31. The van der Waals surface area contributed by atoms with E-state index in [0.29, 0.717) is 47.6 Å². The lowest BCUT2D eigenvalue weighted by Gasteiger charge is -2.36. The first-order valence-corrected chi connectivity index (χ1v) is 12.5. The van der Waals surface area contributed by atoms with E-state index in [1.54, 1.807) is 6.07 Å². The highest BCUT2D eigenvalue weighted by Crippen LogP contribution is 2.39. The summed E-state index contributed by atoms with van der Waals surface area (Å²) in [6.07, 6.45) is 3.55. The summed E-state index contributed by atoms with van der Waals surface area (Å²) in [5.41, 5.74) is 2.39. The van der Waals surface area contributed by atoms with E-state index >= 15 is 0 Å².